The lowest BCUT2D eigenvalue weighted by Gasteiger charge is -2.32. The summed E-state index contributed by atoms with van der Waals surface area (Å²) in [4.78, 5) is 14.1. The Labute approximate surface area is 117 Å². The zero-order chi connectivity index (χ0) is 13.9. The van der Waals surface area contributed by atoms with Gasteiger partial charge in [0.15, 0.2) is 0 Å². The van der Waals surface area contributed by atoms with Gasteiger partial charge >= 0.3 is 0 Å². The summed E-state index contributed by atoms with van der Waals surface area (Å²) in [6.45, 7) is 4.74. The second-order valence-corrected chi connectivity index (χ2v) is 5.98. The number of nitrogens with one attached hydrogen (secondary N) is 1. The smallest absolute Gasteiger partial charge is 0.251 e. The van der Waals surface area contributed by atoms with Crippen LogP contribution < -0.4 is 11.1 Å². The maximum Gasteiger partial charge on any atom is 0.251 e. The van der Waals surface area contributed by atoms with Crippen molar-refractivity contribution in [1.82, 2.24) is 10.2 Å². The standard InChI is InChI=1S/C13H20BrN3O/c1-13(2,17(3)4)8-16-12(18)9-5-6-11(15)10(14)7-9/h5-7H,8,15H2,1-4H3,(H,16,18). The van der Waals surface area contributed by atoms with Gasteiger partial charge in [0.1, 0.15) is 0 Å². The van der Waals surface area contributed by atoms with E-state index in [0.29, 0.717) is 17.8 Å². The van der Waals surface area contributed by atoms with Crippen LogP contribution in [0.15, 0.2) is 22.7 Å². The van der Waals surface area contributed by atoms with Gasteiger partial charge in [-0.3, -0.25) is 4.79 Å². The molecule has 0 aliphatic carbocycles. The van der Waals surface area contributed by atoms with Crippen molar-refractivity contribution < 1.29 is 4.79 Å². The predicted molar refractivity (Wildman–Crippen MR) is 78.7 cm³/mol. The first-order chi connectivity index (χ1) is 8.24. The number of nitrogens with zero attached hydrogens (tertiary/aromatic N) is 1. The van der Waals surface area contributed by atoms with Gasteiger partial charge in [-0.25, -0.2) is 0 Å². The number of likely N-dealkylation sites (N-methyl/N-ethyl adjacent to an activating group) is 1. The molecule has 1 aromatic carbocycles. The quantitative estimate of drug-likeness (QED) is 0.837. The van der Waals surface area contributed by atoms with Gasteiger partial charge in [0.25, 0.3) is 5.91 Å². The van der Waals surface area contributed by atoms with Crippen molar-refractivity contribution in [3.8, 4) is 0 Å². The fourth-order valence-electron chi connectivity index (χ4n) is 1.23. The lowest BCUT2D eigenvalue weighted by Crippen LogP contribution is -2.48. The number of amides is 1. The maximum absolute atomic E-state index is 12.0. The number of nitrogens with two attached hydrogens (primary N) is 1. The average Bonchev–Trinajstić information content (AvgIpc) is 2.29. The fourth-order valence-corrected chi connectivity index (χ4v) is 1.60. The summed E-state index contributed by atoms with van der Waals surface area (Å²) in [6.07, 6.45) is 0. The third kappa shape index (κ3) is 3.71. The minimum atomic E-state index is -0.0920. The number of hydrogen-bond donors (Lipinski definition) is 2. The molecule has 0 aliphatic heterocycles. The van der Waals surface area contributed by atoms with Crippen LogP contribution in [0.4, 0.5) is 5.69 Å². The van der Waals surface area contributed by atoms with E-state index in [1.165, 1.54) is 0 Å². The number of anilines is 1. The minimum Gasteiger partial charge on any atom is -0.398 e. The van der Waals surface area contributed by atoms with Crippen molar-refractivity contribution in [3.63, 3.8) is 0 Å². The molecule has 4 nitrogen and oxygen atoms in total. The Kier molecular flexibility index (Phi) is 4.76. The van der Waals surface area contributed by atoms with Gasteiger partial charge < -0.3 is 16.0 Å². The predicted octanol–water partition coefficient (Wildman–Crippen LogP) is 2.10. The summed E-state index contributed by atoms with van der Waals surface area (Å²) in [6, 6.07) is 5.17. The summed E-state index contributed by atoms with van der Waals surface area (Å²) in [5.41, 5.74) is 6.83. The molecule has 0 unspecified atom stereocenters. The minimum absolute atomic E-state index is 0.0826. The molecular formula is C13H20BrN3O. The second kappa shape index (κ2) is 5.71. The molecule has 5 heteroatoms. The first-order valence-corrected chi connectivity index (χ1v) is 6.54. The molecule has 0 heterocycles. The highest BCUT2D eigenvalue weighted by Gasteiger charge is 2.21. The molecule has 0 saturated carbocycles. The lowest BCUT2D eigenvalue weighted by molar-refractivity contribution is 0.0919. The summed E-state index contributed by atoms with van der Waals surface area (Å²) < 4.78 is 0.738. The second-order valence-electron chi connectivity index (χ2n) is 5.13. The van der Waals surface area contributed by atoms with E-state index in [4.69, 9.17) is 5.73 Å². The number of carbonyl (C=O) groups excluding carboxylic acids is 1. The summed E-state index contributed by atoms with van der Waals surface area (Å²) in [5, 5.41) is 2.92. The van der Waals surface area contributed by atoms with Crippen molar-refractivity contribution in [2.24, 2.45) is 0 Å². The Morgan fingerprint density at radius 3 is 2.56 bits per heavy atom. The van der Waals surface area contributed by atoms with E-state index in [-0.39, 0.29) is 11.4 Å². The number of nitrogen functional groups attached to an aromatic ring is 1. The van der Waals surface area contributed by atoms with Gasteiger partial charge in [-0.15, -0.1) is 0 Å². The SMILES string of the molecule is CN(C)C(C)(C)CNC(=O)c1ccc(N)c(Br)c1. The Bertz CT molecular complexity index is 444. The average molecular weight is 314 g/mol. The number of rotatable bonds is 4. The molecule has 100 valence electrons. The van der Waals surface area contributed by atoms with Crippen molar-refractivity contribution >= 4 is 27.5 Å². The van der Waals surface area contributed by atoms with E-state index in [9.17, 15) is 4.79 Å². The third-order valence-electron chi connectivity index (χ3n) is 3.15. The van der Waals surface area contributed by atoms with E-state index in [1.54, 1.807) is 18.2 Å². The number of hydrogen-bond acceptors (Lipinski definition) is 3. The molecule has 1 aromatic rings. The van der Waals surface area contributed by atoms with E-state index >= 15 is 0 Å². The monoisotopic (exact) mass is 313 g/mol. The molecule has 1 amide bonds. The Balaban J connectivity index is 2.69. The third-order valence-corrected chi connectivity index (χ3v) is 3.84. The molecule has 3 N–H and O–H groups in total. The van der Waals surface area contributed by atoms with E-state index < -0.39 is 0 Å². The largest absolute Gasteiger partial charge is 0.398 e. The van der Waals surface area contributed by atoms with Crippen LogP contribution in [0.3, 0.4) is 0 Å². The zero-order valence-corrected chi connectivity index (χ0v) is 12.8. The topological polar surface area (TPSA) is 58.4 Å². The Morgan fingerprint density at radius 1 is 1.44 bits per heavy atom. The highest BCUT2D eigenvalue weighted by Crippen LogP contribution is 2.20. The molecular weight excluding hydrogens is 294 g/mol. The van der Waals surface area contributed by atoms with Crippen LogP contribution >= 0.6 is 15.9 Å². The van der Waals surface area contributed by atoms with Gasteiger partial charge in [0.2, 0.25) is 0 Å². The number of benzene rings is 1. The molecule has 0 spiro atoms. The van der Waals surface area contributed by atoms with Crippen LogP contribution in [0.1, 0.15) is 24.2 Å². The lowest BCUT2D eigenvalue weighted by atomic mass is 10.0. The van der Waals surface area contributed by atoms with Crippen LogP contribution in [0, 0.1) is 0 Å². The van der Waals surface area contributed by atoms with Crippen LogP contribution in [0.2, 0.25) is 0 Å². The Hall–Kier alpha value is -1.07. The van der Waals surface area contributed by atoms with Crippen molar-refractivity contribution in [1.29, 1.82) is 0 Å². The summed E-state index contributed by atoms with van der Waals surface area (Å²) in [5.74, 6) is -0.0920. The molecule has 0 saturated heterocycles. The first kappa shape index (κ1) is 15.0. The van der Waals surface area contributed by atoms with Crippen LogP contribution in [-0.2, 0) is 0 Å². The molecule has 0 fully saturated rings. The molecule has 0 aromatic heterocycles. The number of carbonyl (C=O) groups is 1. The van der Waals surface area contributed by atoms with Gasteiger partial charge in [0, 0.05) is 27.8 Å². The Morgan fingerprint density at radius 2 is 2.06 bits per heavy atom. The van der Waals surface area contributed by atoms with Crippen molar-refractivity contribution in [2.75, 3.05) is 26.4 Å². The van der Waals surface area contributed by atoms with Crippen LogP contribution in [0.25, 0.3) is 0 Å². The van der Waals surface area contributed by atoms with Gasteiger partial charge in [0.05, 0.1) is 0 Å². The molecule has 0 atom stereocenters. The molecule has 0 bridgehead atoms. The normalized spacial score (nSPS) is 11.7. The highest BCUT2D eigenvalue weighted by atomic mass is 79.9. The van der Waals surface area contributed by atoms with Crippen LogP contribution in [0.5, 0.6) is 0 Å². The van der Waals surface area contributed by atoms with E-state index in [0.717, 1.165) is 4.47 Å². The molecule has 1 rings (SSSR count). The van der Waals surface area contributed by atoms with E-state index in [2.05, 4.69) is 40.0 Å². The van der Waals surface area contributed by atoms with Gasteiger partial charge in [-0.1, -0.05) is 0 Å². The van der Waals surface area contributed by atoms with Crippen molar-refractivity contribution in [2.45, 2.75) is 19.4 Å². The zero-order valence-electron chi connectivity index (χ0n) is 11.2. The summed E-state index contributed by atoms with van der Waals surface area (Å²) >= 11 is 3.31. The fraction of sp³-hybridized carbons (Fsp3) is 0.462. The number of halogens is 1. The molecule has 18 heavy (non-hydrogen) atoms. The van der Waals surface area contributed by atoms with E-state index in [1.807, 2.05) is 14.1 Å². The maximum atomic E-state index is 12.0. The summed E-state index contributed by atoms with van der Waals surface area (Å²) in [7, 11) is 3.98. The van der Waals surface area contributed by atoms with Gasteiger partial charge in [-0.2, -0.15) is 0 Å². The van der Waals surface area contributed by atoms with Gasteiger partial charge in [-0.05, 0) is 62.1 Å². The highest BCUT2D eigenvalue weighted by molar-refractivity contribution is 9.10. The molecule has 0 radical (unpaired) electrons. The van der Waals surface area contributed by atoms with Crippen molar-refractivity contribution in [3.05, 3.63) is 28.2 Å². The first-order valence-electron chi connectivity index (χ1n) is 5.74. The van der Waals surface area contributed by atoms with Crippen LogP contribution in [-0.4, -0.2) is 37.0 Å². The molecule has 0 aliphatic rings.